The number of rotatable bonds is 5. The van der Waals surface area contributed by atoms with Crippen molar-refractivity contribution in [2.45, 2.75) is 33.0 Å². The molecule has 0 saturated heterocycles. The number of benzene rings is 1. The fourth-order valence-electron chi connectivity index (χ4n) is 2.33. The average molecular weight is 403 g/mol. The summed E-state index contributed by atoms with van der Waals surface area (Å²) in [5.74, 6) is 0.551. The van der Waals surface area contributed by atoms with Crippen molar-refractivity contribution in [1.29, 1.82) is 0 Å². The standard InChI is InChI=1S/C16H21Cl2N5OS/c1-16(2,3)20-13(24)8-22(4)9-23-15(25)19-14(21-23)11-6-5-10(17)7-12(11)18/h5-7H,8-9H2,1-4H3,(H,20,24)(H,19,21,25)/p+1. The average Bonchev–Trinajstić information content (AvgIpc) is 2.77. The second kappa shape index (κ2) is 7.86. The predicted molar refractivity (Wildman–Crippen MR) is 103 cm³/mol. The van der Waals surface area contributed by atoms with Gasteiger partial charge in [0.1, 0.15) is 0 Å². The Hall–Kier alpha value is -1.41. The van der Waals surface area contributed by atoms with E-state index in [4.69, 9.17) is 35.4 Å². The lowest BCUT2D eigenvalue weighted by atomic mass is 10.1. The summed E-state index contributed by atoms with van der Waals surface area (Å²) in [7, 11) is 1.92. The summed E-state index contributed by atoms with van der Waals surface area (Å²) in [6.45, 7) is 6.66. The summed E-state index contributed by atoms with van der Waals surface area (Å²) in [6, 6.07) is 5.19. The van der Waals surface area contributed by atoms with Gasteiger partial charge in [-0.3, -0.25) is 9.89 Å². The number of amides is 1. The van der Waals surface area contributed by atoms with Crippen molar-refractivity contribution in [3.63, 3.8) is 0 Å². The number of hydrogen-bond donors (Lipinski definition) is 3. The first-order valence-electron chi connectivity index (χ1n) is 7.80. The van der Waals surface area contributed by atoms with E-state index in [2.05, 4.69) is 15.4 Å². The van der Waals surface area contributed by atoms with E-state index in [1.807, 2.05) is 27.8 Å². The van der Waals surface area contributed by atoms with Gasteiger partial charge in [0.2, 0.25) is 4.77 Å². The highest BCUT2D eigenvalue weighted by molar-refractivity contribution is 7.71. The van der Waals surface area contributed by atoms with E-state index in [0.29, 0.717) is 33.9 Å². The lowest BCUT2D eigenvalue weighted by molar-refractivity contribution is -0.895. The minimum atomic E-state index is -0.250. The van der Waals surface area contributed by atoms with Crippen LogP contribution in [0.4, 0.5) is 0 Å². The van der Waals surface area contributed by atoms with E-state index in [0.717, 1.165) is 10.5 Å². The first-order valence-corrected chi connectivity index (χ1v) is 8.96. The minimum Gasteiger partial charge on any atom is -0.347 e. The first kappa shape index (κ1) is 19.9. The molecule has 0 aliphatic heterocycles. The number of carbonyl (C=O) groups is 1. The van der Waals surface area contributed by atoms with Crippen molar-refractivity contribution in [3.05, 3.63) is 33.0 Å². The lowest BCUT2D eigenvalue weighted by Gasteiger charge is -2.21. The number of nitrogens with one attached hydrogen (secondary N) is 3. The maximum Gasteiger partial charge on any atom is 0.275 e. The molecule has 1 aromatic carbocycles. The quantitative estimate of drug-likeness (QED) is 0.672. The van der Waals surface area contributed by atoms with E-state index in [9.17, 15) is 4.79 Å². The van der Waals surface area contributed by atoms with Crippen LogP contribution in [-0.4, -0.2) is 39.8 Å². The third-order valence-corrected chi connectivity index (χ3v) is 4.13. The van der Waals surface area contributed by atoms with Crippen LogP contribution in [0.3, 0.4) is 0 Å². The predicted octanol–water partition coefficient (Wildman–Crippen LogP) is 2.30. The smallest absolute Gasteiger partial charge is 0.275 e. The molecule has 1 heterocycles. The topological polar surface area (TPSA) is 67.2 Å². The number of nitrogens with zero attached hydrogens (tertiary/aromatic N) is 2. The van der Waals surface area contributed by atoms with Crippen LogP contribution in [0.1, 0.15) is 20.8 Å². The Kier molecular flexibility index (Phi) is 6.26. The molecule has 1 unspecified atom stereocenters. The monoisotopic (exact) mass is 402 g/mol. The van der Waals surface area contributed by atoms with Crippen molar-refractivity contribution in [1.82, 2.24) is 20.1 Å². The zero-order valence-corrected chi connectivity index (χ0v) is 16.9. The molecule has 2 rings (SSSR count). The molecule has 1 amide bonds. The van der Waals surface area contributed by atoms with Crippen LogP contribution in [0.5, 0.6) is 0 Å². The number of H-pyrrole nitrogens is 1. The summed E-state index contributed by atoms with van der Waals surface area (Å²) < 4.78 is 2.12. The number of aromatic nitrogens is 3. The molecule has 0 aliphatic rings. The molecule has 136 valence electrons. The third kappa shape index (κ3) is 5.81. The number of halogens is 2. The molecule has 25 heavy (non-hydrogen) atoms. The van der Waals surface area contributed by atoms with Gasteiger partial charge < -0.3 is 10.2 Å². The van der Waals surface area contributed by atoms with Gasteiger partial charge in [-0.2, -0.15) is 4.98 Å². The molecule has 2 aromatic rings. The molecular weight excluding hydrogens is 381 g/mol. The highest BCUT2D eigenvalue weighted by atomic mass is 35.5. The Morgan fingerprint density at radius 1 is 1.40 bits per heavy atom. The Bertz CT molecular complexity index is 825. The van der Waals surface area contributed by atoms with Crippen LogP contribution in [-0.2, 0) is 11.5 Å². The summed E-state index contributed by atoms with van der Waals surface area (Å²) in [6.07, 6.45) is 0. The third-order valence-electron chi connectivity index (χ3n) is 3.27. The van der Waals surface area contributed by atoms with Crippen LogP contribution in [0.15, 0.2) is 18.2 Å². The van der Waals surface area contributed by atoms with Gasteiger partial charge in [0.05, 0.1) is 12.1 Å². The molecule has 0 aliphatic carbocycles. The number of aromatic amines is 1. The van der Waals surface area contributed by atoms with E-state index in [1.165, 1.54) is 0 Å². The van der Waals surface area contributed by atoms with Crippen molar-refractivity contribution < 1.29 is 9.69 Å². The van der Waals surface area contributed by atoms with Crippen molar-refractivity contribution in [2.75, 3.05) is 13.6 Å². The lowest BCUT2D eigenvalue weighted by Crippen LogP contribution is -3.09. The summed E-state index contributed by atoms with van der Waals surface area (Å²) in [4.78, 5) is 17.3. The van der Waals surface area contributed by atoms with Gasteiger partial charge in [-0.25, -0.2) is 4.68 Å². The summed E-state index contributed by atoms with van der Waals surface area (Å²) >= 11 is 17.4. The second-order valence-electron chi connectivity index (χ2n) is 7.00. The maximum absolute atomic E-state index is 12.0. The van der Waals surface area contributed by atoms with Crippen LogP contribution >= 0.6 is 35.4 Å². The molecule has 6 nitrogen and oxygen atoms in total. The molecule has 0 bridgehead atoms. The molecule has 3 N–H and O–H groups in total. The molecule has 1 atom stereocenters. The summed E-state index contributed by atoms with van der Waals surface area (Å²) in [5, 5.41) is 7.13. The fourth-order valence-corrected chi connectivity index (χ4v) is 3.03. The highest BCUT2D eigenvalue weighted by Crippen LogP contribution is 2.27. The largest absolute Gasteiger partial charge is 0.347 e. The van der Waals surface area contributed by atoms with E-state index < -0.39 is 0 Å². The molecule has 0 spiro atoms. The SMILES string of the molecule is C[NH+](CC(=O)NC(C)(C)C)Cn1[nH]c(-c2ccc(Cl)cc2Cl)nc1=S. The molecule has 0 radical (unpaired) electrons. The minimum absolute atomic E-state index is 0.0167. The zero-order valence-electron chi connectivity index (χ0n) is 14.6. The first-order chi connectivity index (χ1) is 11.5. The van der Waals surface area contributed by atoms with Gasteiger partial charge >= 0.3 is 0 Å². The van der Waals surface area contributed by atoms with E-state index in [1.54, 1.807) is 22.9 Å². The van der Waals surface area contributed by atoms with Crippen molar-refractivity contribution in [2.24, 2.45) is 0 Å². The summed E-state index contributed by atoms with van der Waals surface area (Å²) in [5.41, 5.74) is 0.472. The number of likely N-dealkylation sites (N-methyl/N-ethyl adjacent to an activating group) is 1. The Morgan fingerprint density at radius 3 is 2.68 bits per heavy atom. The van der Waals surface area contributed by atoms with Crippen LogP contribution < -0.4 is 10.2 Å². The van der Waals surface area contributed by atoms with Crippen molar-refractivity contribution >= 4 is 41.3 Å². The van der Waals surface area contributed by atoms with Gasteiger partial charge in [0.15, 0.2) is 19.0 Å². The van der Waals surface area contributed by atoms with Crippen LogP contribution in [0.2, 0.25) is 10.0 Å². The van der Waals surface area contributed by atoms with Gasteiger partial charge in [-0.15, -0.1) is 0 Å². The van der Waals surface area contributed by atoms with Gasteiger partial charge in [0.25, 0.3) is 5.91 Å². The number of carbonyl (C=O) groups excluding carboxylic acids is 1. The van der Waals surface area contributed by atoms with Gasteiger partial charge in [0, 0.05) is 16.1 Å². The number of hydrogen-bond acceptors (Lipinski definition) is 3. The fraction of sp³-hybridized carbons (Fsp3) is 0.438. The van der Waals surface area contributed by atoms with Gasteiger partial charge in [-0.1, -0.05) is 23.2 Å². The Balaban J connectivity index is 2.10. The molecular formula is C16H22Cl2N5OS+. The van der Waals surface area contributed by atoms with E-state index in [-0.39, 0.29) is 11.4 Å². The molecule has 0 saturated carbocycles. The van der Waals surface area contributed by atoms with Crippen molar-refractivity contribution in [3.8, 4) is 11.4 Å². The Labute approximate surface area is 162 Å². The van der Waals surface area contributed by atoms with Gasteiger partial charge in [-0.05, 0) is 51.2 Å². The van der Waals surface area contributed by atoms with Crippen LogP contribution in [0.25, 0.3) is 11.4 Å². The second-order valence-corrected chi connectivity index (χ2v) is 8.21. The van der Waals surface area contributed by atoms with Crippen LogP contribution in [0, 0.1) is 4.77 Å². The molecule has 0 fully saturated rings. The Morgan fingerprint density at radius 2 is 2.08 bits per heavy atom. The zero-order chi connectivity index (χ0) is 18.8. The normalized spacial score (nSPS) is 12.9. The highest BCUT2D eigenvalue weighted by Gasteiger charge is 2.18. The van der Waals surface area contributed by atoms with E-state index >= 15 is 0 Å². The molecule has 9 heteroatoms. The number of quaternary nitrogens is 1. The maximum atomic E-state index is 12.0. The molecule has 1 aromatic heterocycles.